The Hall–Kier alpha value is -3.23. The lowest BCUT2D eigenvalue weighted by Gasteiger charge is -2.30. The van der Waals surface area contributed by atoms with Gasteiger partial charge in [0.1, 0.15) is 22.9 Å². The molecule has 3 heterocycles. The van der Waals surface area contributed by atoms with Gasteiger partial charge < -0.3 is 18.7 Å². The Morgan fingerprint density at radius 2 is 2.14 bits per heavy atom. The normalized spacial score (nSPS) is 17.0. The van der Waals surface area contributed by atoms with Crippen LogP contribution in [0.5, 0.6) is 11.8 Å². The molecule has 0 spiro atoms. The maximum atomic E-state index is 13.3. The van der Waals surface area contributed by atoms with E-state index in [0.29, 0.717) is 36.0 Å². The van der Waals surface area contributed by atoms with E-state index in [9.17, 15) is 9.18 Å². The highest BCUT2D eigenvalue weighted by atomic mass is 19.1. The van der Waals surface area contributed by atoms with Gasteiger partial charge in [-0.3, -0.25) is 4.79 Å². The van der Waals surface area contributed by atoms with Crippen LogP contribution in [0.4, 0.5) is 4.39 Å². The number of carbonyl (C=O) groups is 1. The molecule has 2 aromatic heterocycles. The minimum absolute atomic E-state index is 0.00905. The van der Waals surface area contributed by atoms with Crippen LogP contribution in [0, 0.1) is 19.7 Å². The molecule has 1 fully saturated rings. The zero-order valence-electron chi connectivity index (χ0n) is 15.5. The van der Waals surface area contributed by atoms with Gasteiger partial charge in [0.2, 0.25) is 5.89 Å². The van der Waals surface area contributed by atoms with Crippen LogP contribution in [0.25, 0.3) is 0 Å². The van der Waals surface area contributed by atoms with Crippen LogP contribution in [0.15, 0.2) is 33.3 Å². The van der Waals surface area contributed by atoms with Gasteiger partial charge in [-0.25, -0.2) is 4.39 Å². The third-order valence-electron chi connectivity index (χ3n) is 4.73. The van der Waals surface area contributed by atoms with Gasteiger partial charge in [-0.05, 0) is 44.0 Å². The van der Waals surface area contributed by atoms with Gasteiger partial charge in [-0.2, -0.15) is 4.98 Å². The summed E-state index contributed by atoms with van der Waals surface area (Å²) in [6.07, 6.45) is 1.62. The van der Waals surface area contributed by atoms with Crippen LogP contribution >= 0.6 is 0 Å². The zero-order valence-corrected chi connectivity index (χ0v) is 15.5. The van der Waals surface area contributed by atoms with Gasteiger partial charge >= 0.3 is 6.01 Å². The number of amides is 1. The predicted molar refractivity (Wildman–Crippen MR) is 94.6 cm³/mol. The summed E-state index contributed by atoms with van der Waals surface area (Å²) in [6, 6.07) is 5.70. The number of carbonyl (C=O) groups excluding carboxylic acids is 1. The lowest BCUT2D eigenvalue weighted by Crippen LogP contribution is -2.39. The van der Waals surface area contributed by atoms with E-state index in [0.717, 1.165) is 12.8 Å². The van der Waals surface area contributed by atoms with E-state index in [-0.39, 0.29) is 23.6 Å². The number of ether oxygens (including phenoxy) is 1. The third kappa shape index (κ3) is 3.60. The van der Waals surface area contributed by atoms with Crippen LogP contribution in [-0.2, 0) is 0 Å². The molecule has 1 saturated heterocycles. The van der Waals surface area contributed by atoms with Crippen molar-refractivity contribution in [2.75, 3.05) is 13.1 Å². The highest BCUT2D eigenvalue weighted by Gasteiger charge is 2.31. The number of aromatic nitrogens is 3. The van der Waals surface area contributed by atoms with Gasteiger partial charge in [-0.15, -0.1) is 0 Å². The summed E-state index contributed by atoms with van der Waals surface area (Å²) in [4.78, 5) is 18.9. The second-order valence-electron chi connectivity index (χ2n) is 6.76. The van der Waals surface area contributed by atoms with Crippen molar-refractivity contribution < 1.29 is 23.0 Å². The van der Waals surface area contributed by atoms with Crippen molar-refractivity contribution in [2.45, 2.75) is 32.6 Å². The summed E-state index contributed by atoms with van der Waals surface area (Å²) in [5, 5.41) is 7.66. The van der Waals surface area contributed by atoms with Crippen LogP contribution in [0.2, 0.25) is 0 Å². The number of hydrogen-bond donors (Lipinski definition) is 0. The first-order valence-electron chi connectivity index (χ1n) is 9.00. The number of hydrogen-bond acceptors (Lipinski definition) is 7. The average Bonchev–Trinajstić information content (AvgIpc) is 3.28. The fourth-order valence-corrected chi connectivity index (χ4v) is 3.37. The summed E-state index contributed by atoms with van der Waals surface area (Å²) < 4.78 is 29.1. The van der Waals surface area contributed by atoms with Crippen molar-refractivity contribution in [1.29, 1.82) is 0 Å². The molecule has 1 aliphatic heterocycles. The molecule has 0 aliphatic carbocycles. The number of halogens is 1. The quantitative estimate of drug-likeness (QED) is 0.676. The van der Waals surface area contributed by atoms with Crippen LogP contribution in [0.3, 0.4) is 0 Å². The number of benzene rings is 1. The largest absolute Gasteiger partial charge is 0.422 e. The molecule has 1 aliphatic rings. The Morgan fingerprint density at radius 1 is 1.29 bits per heavy atom. The average molecular weight is 386 g/mol. The summed E-state index contributed by atoms with van der Waals surface area (Å²) in [5.41, 5.74) is 1.08. The first kappa shape index (κ1) is 18.1. The number of aryl methyl sites for hydroxylation is 2. The molecule has 1 aromatic carbocycles. The fourth-order valence-electron chi connectivity index (χ4n) is 3.37. The first-order chi connectivity index (χ1) is 13.5. The molecule has 1 atom stereocenters. The third-order valence-corrected chi connectivity index (χ3v) is 4.73. The molecule has 0 bridgehead atoms. The molecule has 28 heavy (non-hydrogen) atoms. The fraction of sp³-hybridized carbons (Fsp3) is 0.368. The minimum Gasteiger partial charge on any atom is -0.422 e. The molecule has 0 radical (unpaired) electrons. The Balaban J connectivity index is 1.46. The Labute approximate surface area is 160 Å². The number of nitrogens with zero attached hydrogens (tertiary/aromatic N) is 4. The SMILES string of the molecule is Cc1noc(C)c1C(=O)N1CCC[C@H](c2nc(Oc3cccc(F)c3)no2)C1. The Kier molecular flexibility index (Phi) is 4.81. The van der Waals surface area contributed by atoms with Crippen LogP contribution in [0.1, 0.15) is 46.5 Å². The molecular weight excluding hydrogens is 367 g/mol. The molecular formula is C19H19FN4O4. The van der Waals surface area contributed by atoms with E-state index >= 15 is 0 Å². The lowest BCUT2D eigenvalue weighted by molar-refractivity contribution is 0.0693. The highest BCUT2D eigenvalue weighted by Crippen LogP contribution is 2.29. The lowest BCUT2D eigenvalue weighted by atomic mass is 9.97. The maximum absolute atomic E-state index is 13.3. The van der Waals surface area contributed by atoms with E-state index in [1.54, 1.807) is 24.8 Å². The molecule has 4 rings (SSSR count). The standard InChI is InChI=1S/C19H19FN4O4/c1-11-16(12(2)27-22-11)18(25)24-8-4-5-13(10-24)17-21-19(23-28-17)26-15-7-3-6-14(20)9-15/h3,6-7,9,13H,4-5,8,10H2,1-2H3/t13-/m0/s1. The van der Waals surface area contributed by atoms with Crippen molar-refractivity contribution >= 4 is 5.91 Å². The molecule has 0 saturated carbocycles. The Morgan fingerprint density at radius 3 is 2.89 bits per heavy atom. The van der Waals surface area contributed by atoms with Gasteiger partial charge in [0.25, 0.3) is 5.91 Å². The topological polar surface area (TPSA) is 94.5 Å². The van der Waals surface area contributed by atoms with E-state index in [2.05, 4.69) is 15.3 Å². The van der Waals surface area contributed by atoms with Gasteiger partial charge in [0.05, 0.1) is 11.6 Å². The van der Waals surface area contributed by atoms with Crippen LogP contribution < -0.4 is 4.74 Å². The van der Waals surface area contributed by atoms with Crippen LogP contribution in [-0.4, -0.2) is 39.2 Å². The first-order valence-corrected chi connectivity index (χ1v) is 9.00. The number of piperidine rings is 1. The number of rotatable bonds is 4. The zero-order chi connectivity index (χ0) is 19.7. The van der Waals surface area contributed by atoms with E-state index in [1.165, 1.54) is 18.2 Å². The monoisotopic (exact) mass is 386 g/mol. The maximum Gasteiger partial charge on any atom is 0.359 e. The Bertz CT molecular complexity index is 980. The van der Waals surface area contributed by atoms with Crippen molar-refractivity contribution in [2.24, 2.45) is 0 Å². The van der Waals surface area contributed by atoms with E-state index in [1.807, 2.05) is 0 Å². The second-order valence-corrected chi connectivity index (χ2v) is 6.76. The number of likely N-dealkylation sites (tertiary alicyclic amines) is 1. The second kappa shape index (κ2) is 7.41. The minimum atomic E-state index is -0.415. The summed E-state index contributed by atoms with van der Waals surface area (Å²) >= 11 is 0. The summed E-state index contributed by atoms with van der Waals surface area (Å²) in [7, 11) is 0. The summed E-state index contributed by atoms with van der Waals surface area (Å²) in [5.74, 6) is 0.552. The van der Waals surface area contributed by atoms with Crippen molar-refractivity contribution in [1.82, 2.24) is 20.2 Å². The molecule has 9 heteroatoms. The predicted octanol–water partition coefficient (Wildman–Crippen LogP) is 3.63. The van der Waals surface area contributed by atoms with Crippen molar-refractivity contribution in [3.05, 3.63) is 53.0 Å². The van der Waals surface area contributed by atoms with Gasteiger partial charge in [-0.1, -0.05) is 11.2 Å². The molecule has 0 unspecified atom stereocenters. The van der Waals surface area contributed by atoms with E-state index in [4.69, 9.17) is 13.8 Å². The van der Waals surface area contributed by atoms with Crippen molar-refractivity contribution in [3.8, 4) is 11.8 Å². The molecule has 8 nitrogen and oxygen atoms in total. The molecule has 1 amide bonds. The molecule has 0 N–H and O–H groups in total. The van der Waals surface area contributed by atoms with Gasteiger partial charge in [0, 0.05) is 19.2 Å². The smallest absolute Gasteiger partial charge is 0.359 e. The van der Waals surface area contributed by atoms with E-state index < -0.39 is 5.82 Å². The van der Waals surface area contributed by atoms with Gasteiger partial charge in [0.15, 0.2) is 0 Å². The summed E-state index contributed by atoms with van der Waals surface area (Å²) in [6.45, 7) is 4.56. The molecule has 3 aromatic rings. The highest BCUT2D eigenvalue weighted by molar-refractivity contribution is 5.96. The van der Waals surface area contributed by atoms with Crippen molar-refractivity contribution in [3.63, 3.8) is 0 Å². The molecule has 146 valence electrons.